The Labute approximate surface area is 148 Å². The van der Waals surface area contributed by atoms with E-state index in [1.807, 2.05) is 74.5 Å². The van der Waals surface area contributed by atoms with Crippen LogP contribution in [-0.2, 0) is 0 Å². The summed E-state index contributed by atoms with van der Waals surface area (Å²) in [6, 6.07) is 19.9. The molecule has 1 atom stereocenters. The first-order valence-electron chi connectivity index (χ1n) is 8.62. The van der Waals surface area contributed by atoms with Gasteiger partial charge in [-0.05, 0) is 44.0 Å². The van der Waals surface area contributed by atoms with Crippen LogP contribution in [0.25, 0.3) is 16.9 Å². The van der Waals surface area contributed by atoms with E-state index in [1.54, 1.807) is 4.68 Å². The van der Waals surface area contributed by atoms with Gasteiger partial charge in [-0.1, -0.05) is 49.4 Å². The summed E-state index contributed by atoms with van der Waals surface area (Å²) in [6.07, 6.45) is 0.885. The smallest absolute Gasteiger partial charge is 0.270 e. The largest absolute Gasteiger partial charge is 0.348 e. The highest BCUT2D eigenvalue weighted by Gasteiger charge is 2.18. The third-order valence-corrected chi connectivity index (χ3v) is 4.25. The Hall–Kier alpha value is -2.88. The standard InChI is InChI=1S/C21H23N3O/c1-4-16(3)22-21(25)20-14-19(17-10-6-5-7-11-17)23-24(20)18-12-8-9-15(2)13-18/h5-14,16H,4H2,1-3H3,(H,22,25). The summed E-state index contributed by atoms with van der Waals surface area (Å²) < 4.78 is 1.73. The quantitative estimate of drug-likeness (QED) is 0.753. The molecule has 3 rings (SSSR count). The van der Waals surface area contributed by atoms with Crippen LogP contribution in [0.2, 0.25) is 0 Å². The number of rotatable bonds is 5. The molecule has 128 valence electrons. The highest BCUT2D eigenvalue weighted by molar-refractivity contribution is 5.94. The molecule has 0 spiro atoms. The Bertz CT molecular complexity index is 868. The van der Waals surface area contributed by atoms with Crippen molar-refractivity contribution in [1.29, 1.82) is 0 Å². The van der Waals surface area contributed by atoms with Gasteiger partial charge >= 0.3 is 0 Å². The van der Waals surface area contributed by atoms with Gasteiger partial charge in [-0.3, -0.25) is 4.79 Å². The average Bonchev–Trinajstić information content (AvgIpc) is 3.08. The van der Waals surface area contributed by atoms with Crippen molar-refractivity contribution in [1.82, 2.24) is 15.1 Å². The van der Waals surface area contributed by atoms with E-state index in [9.17, 15) is 4.79 Å². The van der Waals surface area contributed by atoms with E-state index in [-0.39, 0.29) is 11.9 Å². The second kappa shape index (κ2) is 7.34. The summed E-state index contributed by atoms with van der Waals surface area (Å²) in [5.41, 5.74) is 4.34. The Morgan fingerprint density at radius 3 is 2.56 bits per heavy atom. The molecular formula is C21H23N3O. The predicted molar refractivity (Wildman–Crippen MR) is 101 cm³/mol. The van der Waals surface area contributed by atoms with Crippen LogP contribution in [0.15, 0.2) is 60.7 Å². The zero-order valence-corrected chi connectivity index (χ0v) is 14.9. The van der Waals surface area contributed by atoms with Gasteiger partial charge < -0.3 is 5.32 Å². The van der Waals surface area contributed by atoms with Crippen molar-refractivity contribution in [3.63, 3.8) is 0 Å². The summed E-state index contributed by atoms with van der Waals surface area (Å²) in [5.74, 6) is -0.106. The van der Waals surface area contributed by atoms with Crippen molar-refractivity contribution >= 4 is 5.91 Å². The normalized spacial score (nSPS) is 12.0. The number of aryl methyl sites for hydroxylation is 1. The van der Waals surface area contributed by atoms with Gasteiger partial charge in [0, 0.05) is 11.6 Å². The molecule has 1 N–H and O–H groups in total. The number of aromatic nitrogens is 2. The second-order valence-electron chi connectivity index (χ2n) is 6.31. The SMILES string of the molecule is CCC(C)NC(=O)c1cc(-c2ccccc2)nn1-c1cccc(C)c1. The van der Waals surface area contributed by atoms with E-state index in [4.69, 9.17) is 5.10 Å². The molecule has 0 aliphatic carbocycles. The Kier molecular flexibility index (Phi) is 4.98. The molecule has 0 aliphatic rings. The second-order valence-corrected chi connectivity index (χ2v) is 6.31. The Morgan fingerprint density at radius 2 is 1.88 bits per heavy atom. The van der Waals surface area contributed by atoms with Gasteiger partial charge in [0.15, 0.2) is 0 Å². The molecule has 0 aliphatic heterocycles. The Morgan fingerprint density at radius 1 is 1.12 bits per heavy atom. The van der Waals surface area contributed by atoms with Gasteiger partial charge in [0.25, 0.3) is 5.91 Å². The molecule has 2 aromatic carbocycles. The lowest BCUT2D eigenvalue weighted by atomic mass is 10.1. The van der Waals surface area contributed by atoms with Crippen molar-refractivity contribution in [3.05, 3.63) is 71.9 Å². The molecule has 4 nitrogen and oxygen atoms in total. The van der Waals surface area contributed by atoms with Crippen molar-refractivity contribution < 1.29 is 4.79 Å². The molecule has 0 radical (unpaired) electrons. The zero-order chi connectivity index (χ0) is 17.8. The highest BCUT2D eigenvalue weighted by Crippen LogP contribution is 2.22. The average molecular weight is 333 g/mol. The monoisotopic (exact) mass is 333 g/mol. The van der Waals surface area contributed by atoms with Crippen LogP contribution in [0, 0.1) is 6.92 Å². The topological polar surface area (TPSA) is 46.9 Å². The molecule has 1 aromatic heterocycles. The highest BCUT2D eigenvalue weighted by atomic mass is 16.2. The summed E-state index contributed by atoms with van der Waals surface area (Å²) >= 11 is 0. The van der Waals surface area contributed by atoms with Crippen molar-refractivity contribution in [2.24, 2.45) is 0 Å². The van der Waals surface area contributed by atoms with Crippen LogP contribution in [0.5, 0.6) is 0 Å². The molecule has 0 fully saturated rings. The lowest BCUT2D eigenvalue weighted by molar-refractivity contribution is 0.0931. The fourth-order valence-corrected chi connectivity index (χ4v) is 2.65. The molecule has 0 saturated carbocycles. The molecule has 0 saturated heterocycles. The number of carbonyl (C=O) groups is 1. The molecule has 1 heterocycles. The van der Waals surface area contributed by atoms with E-state index in [1.165, 1.54) is 0 Å². The lowest BCUT2D eigenvalue weighted by Crippen LogP contribution is -2.33. The number of nitrogens with zero attached hydrogens (tertiary/aromatic N) is 2. The Balaban J connectivity index is 2.08. The fraction of sp³-hybridized carbons (Fsp3) is 0.238. The molecule has 3 aromatic rings. The maximum atomic E-state index is 12.8. The first-order chi connectivity index (χ1) is 12.1. The lowest BCUT2D eigenvalue weighted by Gasteiger charge is -2.12. The number of hydrogen-bond acceptors (Lipinski definition) is 2. The third kappa shape index (κ3) is 3.79. The van der Waals surface area contributed by atoms with E-state index in [2.05, 4.69) is 12.2 Å². The maximum Gasteiger partial charge on any atom is 0.270 e. The van der Waals surface area contributed by atoms with Crippen LogP contribution in [-0.4, -0.2) is 21.7 Å². The molecular weight excluding hydrogens is 310 g/mol. The van der Waals surface area contributed by atoms with Crippen LogP contribution < -0.4 is 5.32 Å². The van der Waals surface area contributed by atoms with E-state index in [0.29, 0.717) is 5.69 Å². The van der Waals surface area contributed by atoms with E-state index < -0.39 is 0 Å². The van der Waals surface area contributed by atoms with Crippen molar-refractivity contribution in [2.45, 2.75) is 33.2 Å². The van der Waals surface area contributed by atoms with Crippen LogP contribution >= 0.6 is 0 Å². The first kappa shape index (κ1) is 17.0. The fourth-order valence-electron chi connectivity index (χ4n) is 2.65. The minimum Gasteiger partial charge on any atom is -0.348 e. The van der Waals surface area contributed by atoms with Gasteiger partial charge in [0.1, 0.15) is 5.69 Å². The summed E-state index contributed by atoms with van der Waals surface area (Å²) in [4.78, 5) is 12.8. The van der Waals surface area contributed by atoms with Gasteiger partial charge in [0.2, 0.25) is 0 Å². The number of amides is 1. The minimum absolute atomic E-state index is 0.106. The molecule has 1 unspecified atom stereocenters. The molecule has 25 heavy (non-hydrogen) atoms. The van der Waals surface area contributed by atoms with Gasteiger partial charge in [-0.25, -0.2) is 4.68 Å². The van der Waals surface area contributed by atoms with Crippen LogP contribution in [0.4, 0.5) is 0 Å². The van der Waals surface area contributed by atoms with Crippen molar-refractivity contribution in [2.75, 3.05) is 0 Å². The first-order valence-corrected chi connectivity index (χ1v) is 8.62. The summed E-state index contributed by atoms with van der Waals surface area (Å²) in [6.45, 7) is 6.09. The molecule has 4 heteroatoms. The van der Waals surface area contributed by atoms with Gasteiger partial charge in [-0.15, -0.1) is 0 Å². The van der Waals surface area contributed by atoms with E-state index >= 15 is 0 Å². The van der Waals surface area contributed by atoms with E-state index in [0.717, 1.165) is 28.9 Å². The van der Waals surface area contributed by atoms with Crippen molar-refractivity contribution in [3.8, 4) is 16.9 Å². The minimum atomic E-state index is -0.106. The van der Waals surface area contributed by atoms with Gasteiger partial charge in [0.05, 0.1) is 11.4 Å². The molecule has 1 amide bonds. The zero-order valence-electron chi connectivity index (χ0n) is 14.9. The summed E-state index contributed by atoms with van der Waals surface area (Å²) in [5, 5.41) is 7.74. The predicted octanol–water partition coefficient (Wildman–Crippen LogP) is 4.38. The number of hydrogen-bond donors (Lipinski definition) is 1. The summed E-state index contributed by atoms with van der Waals surface area (Å²) in [7, 11) is 0. The maximum absolute atomic E-state index is 12.8. The number of carbonyl (C=O) groups excluding carboxylic acids is 1. The number of benzene rings is 2. The number of nitrogens with one attached hydrogen (secondary N) is 1. The third-order valence-electron chi connectivity index (χ3n) is 4.25. The van der Waals surface area contributed by atoms with Gasteiger partial charge in [-0.2, -0.15) is 5.10 Å². The van der Waals surface area contributed by atoms with Crippen LogP contribution in [0.3, 0.4) is 0 Å². The molecule has 0 bridgehead atoms. The van der Waals surface area contributed by atoms with Crippen LogP contribution in [0.1, 0.15) is 36.3 Å².